The van der Waals surface area contributed by atoms with Crippen LogP contribution in [0, 0.1) is 0 Å². The Morgan fingerprint density at radius 1 is 1.04 bits per heavy atom. The van der Waals surface area contributed by atoms with E-state index in [4.69, 9.17) is 0 Å². The Morgan fingerprint density at radius 3 is 2.00 bits per heavy atom. The number of aryl methyl sites for hydroxylation is 1. The van der Waals surface area contributed by atoms with Crippen LogP contribution in [0.25, 0.3) is 5.82 Å². The van der Waals surface area contributed by atoms with Gasteiger partial charge in [0.2, 0.25) is 0 Å². The second kappa shape index (κ2) is 5.84. The van der Waals surface area contributed by atoms with Crippen LogP contribution in [0.15, 0.2) is 18.5 Å². The quantitative estimate of drug-likeness (QED) is 0.761. The Kier molecular flexibility index (Phi) is 4.42. The van der Waals surface area contributed by atoms with E-state index in [0.717, 1.165) is 19.4 Å². The number of rotatable bonds is 4. The first-order valence-electron chi connectivity index (χ1n) is 6.15. The van der Waals surface area contributed by atoms with E-state index in [1.165, 1.54) is 6.07 Å². The molecule has 0 N–H and O–H groups in total. The predicted octanol–water partition coefficient (Wildman–Crippen LogP) is 3.50. The van der Waals surface area contributed by atoms with Crippen molar-refractivity contribution in [3.63, 3.8) is 0 Å². The number of aromatic nitrogens is 4. The fourth-order valence-electron chi connectivity index (χ4n) is 1.99. The molecule has 2 aromatic heterocycles. The number of alkyl halides is 9. The summed E-state index contributed by atoms with van der Waals surface area (Å²) in [6, 6.07) is 1.19. The maximum atomic E-state index is 14.2. The number of hydrogen-bond donors (Lipinski definition) is 0. The fourth-order valence-corrected chi connectivity index (χ4v) is 1.99. The van der Waals surface area contributed by atoms with Gasteiger partial charge in [0.15, 0.2) is 17.3 Å². The Bertz CT molecular complexity index is 718. The molecule has 0 saturated heterocycles. The van der Waals surface area contributed by atoms with Crippen LogP contribution in [-0.2, 0) is 12.7 Å². The fraction of sp³-hybridized carbons (Fsp3) is 0.455. The molecule has 0 saturated carbocycles. The van der Waals surface area contributed by atoms with E-state index in [-0.39, 0.29) is 0 Å². The van der Waals surface area contributed by atoms with Gasteiger partial charge in [-0.05, 0) is 6.07 Å². The third-order valence-corrected chi connectivity index (χ3v) is 3.01. The summed E-state index contributed by atoms with van der Waals surface area (Å²) < 4.78 is 121. The van der Waals surface area contributed by atoms with Gasteiger partial charge in [-0.25, -0.2) is 13.8 Å². The molecule has 0 aliphatic carbocycles. The lowest BCUT2D eigenvalue weighted by atomic mass is 9.99. The standard InChI is InChI=1S/C11H7F9N4O/c1-23-7(24-4-2-3-21-24)5(25-8(12)13)6(22-23)9(14,10(15,16)17)11(18,19)20/h2-4,8H,1H3. The maximum Gasteiger partial charge on any atom is 0.437 e. The number of nitrogens with zero attached hydrogens (tertiary/aromatic N) is 4. The third-order valence-electron chi connectivity index (χ3n) is 3.01. The molecule has 2 heterocycles. The first-order chi connectivity index (χ1) is 11.3. The van der Waals surface area contributed by atoms with Crippen molar-refractivity contribution in [2.45, 2.75) is 24.6 Å². The Morgan fingerprint density at radius 2 is 1.60 bits per heavy atom. The van der Waals surface area contributed by atoms with Crippen LogP contribution in [0.5, 0.6) is 5.75 Å². The molecule has 25 heavy (non-hydrogen) atoms. The van der Waals surface area contributed by atoms with Crippen LogP contribution in [0.3, 0.4) is 0 Å². The van der Waals surface area contributed by atoms with Gasteiger partial charge in [-0.3, -0.25) is 0 Å². The van der Waals surface area contributed by atoms with Crippen LogP contribution >= 0.6 is 0 Å². The van der Waals surface area contributed by atoms with E-state index >= 15 is 0 Å². The molecule has 0 amide bonds. The molecule has 14 heteroatoms. The molecule has 0 bridgehead atoms. The van der Waals surface area contributed by atoms with Gasteiger partial charge in [-0.15, -0.1) is 0 Å². The van der Waals surface area contributed by atoms with Crippen molar-refractivity contribution in [1.82, 2.24) is 19.6 Å². The van der Waals surface area contributed by atoms with Gasteiger partial charge in [-0.2, -0.15) is 45.3 Å². The van der Waals surface area contributed by atoms with Gasteiger partial charge in [0.1, 0.15) is 0 Å². The lowest BCUT2D eigenvalue weighted by Crippen LogP contribution is -2.51. The zero-order chi connectivity index (χ0) is 19.2. The van der Waals surface area contributed by atoms with Crippen molar-refractivity contribution < 1.29 is 44.3 Å². The normalized spacial score (nSPS) is 13.6. The monoisotopic (exact) mass is 382 g/mol. The minimum atomic E-state index is -6.54. The summed E-state index contributed by atoms with van der Waals surface area (Å²) in [4.78, 5) is 0. The lowest BCUT2D eigenvalue weighted by molar-refractivity contribution is -0.350. The number of ether oxygens (including phenoxy) is 1. The number of hydrogen-bond acceptors (Lipinski definition) is 3. The molecule has 0 fully saturated rings. The van der Waals surface area contributed by atoms with Crippen LogP contribution in [-0.4, -0.2) is 38.5 Å². The van der Waals surface area contributed by atoms with Gasteiger partial charge in [0, 0.05) is 19.4 Å². The zero-order valence-corrected chi connectivity index (χ0v) is 11.9. The molecule has 0 aromatic carbocycles. The van der Waals surface area contributed by atoms with Gasteiger partial charge >= 0.3 is 24.6 Å². The summed E-state index contributed by atoms with van der Waals surface area (Å²) >= 11 is 0. The van der Waals surface area contributed by atoms with E-state index in [0.29, 0.717) is 9.36 Å². The zero-order valence-electron chi connectivity index (χ0n) is 11.9. The molecule has 140 valence electrons. The first-order valence-corrected chi connectivity index (χ1v) is 6.15. The Balaban J connectivity index is 2.83. The summed E-state index contributed by atoms with van der Waals surface area (Å²) in [5, 5.41) is 6.29. The molecule has 2 rings (SSSR count). The highest BCUT2D eigenvalue weighted by Crippen LogP contribution is 2.55. The summed E-state index contributed by atoms with van der Waals surface area (Å²) in [5.41, 5.74) is -8.44. The third kappa shape index (κ3) is 3.00. The van der Waals surface area contributed by atoms with E-state index < -0.39 is 41.9 Å². The highest BCUT2D eigenvalue weighted by atomic mass is 19.4. The molecule has 0 radical (unpaired) electrons. The number of halogens is 9. The SMILES string of the molecule is Cn1nc(C(F)(C(F)(F)F)C(F)(F)F)c(OC(F)F)c1-n1cccn1. The average Bonchev–Trinajstić information content (AvgIpc) is 3.03. The molecular formula is C11H7F9N4O. The summed E-state index contributed by atoms with van der Waals surface area (Å²) in [7, 11) is 0.812. The molecule has 2 aromatic rings. The van der Waals surface area contributed by atoms with Crippen LogP contribution in [0.4, 0.5) is 39.5 Å². The van der Waals surface area contributed by atoms with Gasteiger partial charge in [-0.1, -0.05) is 0 Å². The highest BCUT2D eigenvalue weighted by Gasteiger charge is 2.76. The summed E-state index contributed by atoms with van der Waals surface area (Å²) in [6.45, 7) is -3.84. The molecule has 0 unspecified atom stereocenters. The Labute approximate surface area is 132 Å². The molecule has 0 spiro atoms. The maximum absolute atomic E-state index is 14.2. The van der Waals surface area contributed by atoms with Gasteiger partial charge < -0.3 is 4.74 Å². The highest BCUT2D eigenvalue weighted by molar-refractivity contribution is 5.48. The average molecular weight is 382 g/mol. The van der Waals surface area contributed by atoms with Crippen molar-refractivity contribution in [2.24, 2.45) is 7.05 Å². The van der Waals surface area contributed by atoms with E-state index in [1.807, 2.05) is 0 Å². The topological polar surface area (TPSA) is 44.9 Å². The van der Waals surface area contributed by atoms with Crippen molar-refractivity contribution in [2.75, 3.05) is 0 Å². The van der Waals surface area contributed by atoms with Gasteiger partial charge in [0.05, 0.1) is 0 Å². The molecule has 0 aliphatic rings. The van der Waals surface area contributed by atoms with Crippen molar-refractivity contribution in [1.29, 1.82) is 0 Å². The largest absolute Gasteiger partial charge is 0.437 e. The van der Waals surface area contributed by atoms with E-state index in [9.17, 15) is 39.5 Å². The van der Waals surface area contributed by atoms with Crippen LogP contribution in [0.2, 0.25) is 0 Å². The summed E-state index contributed by atoms with van der Waals surface area (Å²) in [6.07, 6.45) is -11.0. The smallest absolute Gasteiger partial charge is 0.429 e. The lowest BCUT2D eigenvalue weighted by Gasteiger charge is -2.28. The van der Waals surface area contributed by atoms with Gasteiger partial charge in [0.25, 0.3) is 0 Å². The van der Waals surface area contributed by atoms with Crippen molar-refractivity contribution >= 4 is 0 Å². The Hall–Kier alpha value is -2.41. The second-order valence-corrected chi connectivity index (χ2v) is 4.61. The molecule has 0 aliphatic heterocycles. The second-order valence-electron chi connectivity index (χ2n) is 4.61. The van der Waals surface area contributed by atoms with Crippen molar-refractivity contribution in [3.05, 3.63) is 24.2 Å². The van der Waals surface area contributed by atoms with Crippen LogP contribution < -0.4 is 4.74 Å². The van der Waals surface area contributed by atoms with Crippen LogP contribution in [0.1, 0.15) is 5.69 Å². The molecule has 5 nitrogen and oxygen atoms in total. The predicted molar refractivity (Wildman–Crippen MR) is 61.9 cm³/mol. The first kappa shape index (κ1) is 18.9. The molecule has 0 atom stereocenters. The summed E-state index contributed by atoms with van der Waals surface area (Å²) in [5.74, 6) is -2.59. The minimum absolute atomic E-state index is 0.311. The minimum Gasteiger partial charge on any atom is -0.429 e. The molecular weight excluding hydrogens is 375 g/mol. The van der Waals surface area contributed by atoms with E-state index in [1.54, 1.807) is 0 Å². The van der Waals surface area contributed by atoms with Crippen molar-refractivity contribution in [3.8, 4) is 11.6 Å². The van der Waals surface area contributed by atoms with E-state index in [2.05, 4.69) is 14.9 Å².